The fourth-order valence-corrected chi connectivity index (χ4v) is 3.48. The van der Waals surface area contributed by atoms with Crippen molar-refractivity contribution >= 4 is 17.6 Å². The van der Waals surface area contributed by atoms with E-state index < -0.39 is 0 Å². The third-order valence-electron chi connectivity index (χ3n) is 4.76. The van der Waals surface area contributed by atoms with Crippen LogP contribution in [-0.2, 0) is 0 Å². The van der Waals surface area contributed by atoms with E-state index in [2.05, 4.69) is 39.1 Å². The van der Waals surface area contributed by atoms with Gasteiger partial charge in [-0.05, 0) is 32.7 Å². The minimum atomic E-state index is 0.355. The van der Waals surface area contributed by atoms with E-state index in [0.717, 1.165) is 43.7 Å². The average Bonchev–Trinajstić information content (AvgIpc) is 2.69. The molecule has 1 aromatic heterocycles. The second kappa shape index (κ2) is 6.05. The number of nitrogen functional groups attached to an aromatic ring is 1. The minimum absolute atomic E-state index is 0.355. The smallest absolute Gasteiger partial charge is 0.223 e. The van der Waals surface area contributed by atoms with Crippen molar-refractivity contribution in [1.82, 2.24) is 14.9 Å². The molecule has 0 aliphatic carbocycles. The summed E-state index contributed by atoms with van der Waals surface area (Å²) in [7, 11) is 2.26. The number of hydrogen-bond donors (Lipinski definition) is 2. The number of likely N-dealkylation sites (N-methyl/N-ethyl adjacent to an activating group) is 1. The van der Waals surface area contributed by atoms with Crippen molar-refractivity contribution in [3.8, 4) is 0 Å². The molecule has 1 aromatic rings. The maximum Gasteiger partial charge on any atom is 0.223 e. The first kappa shape index (κ1) is 14.4. The SMILES string of the molecule is CCCNc1cc(N2CCC3CCC(C2)N3C)nc(N)n1. The van der Waals surface area contributed by atoms with Gasteiger partial charge in [0.25, 0.3) is 0 Å². The zero-order valence-electron chi connectivity index (χ0n) is 13.0. The number of nitrogens with one attached hydrogen (secondary N) is 1. The molecular weight excluding hydrogens is 264 g/mol. The zero-order valence-corrected chi connectivity index (χ0v) is 13.0. The third-order valence-corrected chi connectivity index (χ3v) is 4.76. The summed E-state index contributed by atoms with van der Waals surface area (Å²) in [4.78, 5) is 13.6. The van der Waals surface area contributed by atoms with Gasteiger partial charge in [0.2, 0.25) is 5.95 Å². The largest absolute Gasteiger partial charge is 0.370 e. The Labute approximate surface area is 126 Å². The molecule has 3 N–H and O–H groups in total. The van der Waals surface area contributed by atoms with E-state index in [-0.39, 0.29) is 0 Å². The molecule has 0 saturated carbocycles. The van der Waals surface area contributed by atoms with E-state index in [4.69, 9.17) is 5.73 Å². The maximum absolute atomic E-state index is 5.88. The first-order valence-corrected chi connectivity index (χ1v) is 8.02. The fourth-order valence-electron chi connectivity index (χ4n) is 3.48. The molecule has 2 fully saturated rings. The Hall–Kier alpha value is -1.56. The molecule has 3 heterocycles. The van der Waals surface area contributed by atoms with Crippen LogP contribution in [0.5, 0.6) is 0 Å². The van der Waals surface area contributed by atoms with Gasteiger partial charge in [0.1, 0.15) is 11.6 Å². The normalized spacial score (nSPS) is 25.9. The molecule has 2 bridgehead atoms. The van der Waals surface area contributed by atoms with Crippen LogP contribution >= 0.6 is 0 Å². The summed E-state index contributed by atoms with van der Waals surface area (Å²) in [6.45, 7) is 5.13. The number of hydrogen-bond acceptors (Lipinski definition) is 6. The first-order chi connectivity index (χ1) is 10.2. The molecule has 116 valence electrons. The van der Waals surface area contributed by atoms with Crippen LogP contribution in [0.1, 0.15) is 32.6 Å². The van der Waals surface area contributed by atoms with Crippen LogP contribution in [0.4, 0.5) is 17.6 Å². The molecule has 0 radical (unpaired) electrons. The van der Waals surface area contributed by atoms with Crippen LogP contribution < -0.4 is 16.0 Å². The Morgan fingerprint density at radius 2 is 2.10 bits per heavy atom. The van der Waals surface area contributed by atoms with E-state index in [9.17, 15) is 0 Å². The number of nitrogens with zero attached hydrogens (tertiary/aromatic N) is 4. The molecule has 2 atom stereocenters. The van der Waals surface area contributed by atoms with E-state index in [1.807, 2.05) is 6.07 Å². The number of aromatic nitrogens is 2. The Bertz CT molecular complexity index is 491. The van der Waals surface area contributed by atoms with Gasteiger partial charge in [-0.2, -0.15) is 9.97 Å². The van der Waals surface area contributed by atoms with E-state index in [1.54, 1.807) is 0 Å². The van der Waals surface area contributed by atoms with Crippen molar-refractivity contribution in [3.05, 3.63) is 6.07 Å². The highest BCUT2D eigenvalue weighted by atomic mass is 15.3. The number of nitrogens with two attached hydrogens (primary N) is 1. The Balaban J connectivity index is 1.78. The molecule has 21 heavy (non-hydrogen) atoms. The summed E-state index contributed by atoms with van der Waals surface area (Å²) < 4.78 is 0. The van der Waals surface area contributed by atoms with E-state index in [1.165, 1.54) is 19.3 Å². The molecule has 0 spiro atoms. The van der Waals surface area contributed by atoms with Gasteiger partial charge in [0.15, 0.2) is 0 Å². The lowest BCUT2D eigenvalue weighted by Crippen LogP contribution is -2.37. The van der Waals surface area contributed by atoms with Crippen molar-refractivity contribution < 1.29 is 0 Å². The minimum Gasteiger partial charge on any atom is -0.370 e. The topological polar surface area (TPSA) is 70.3 Å². The lowest BCUT2D eigenvalue weighted by atomic mass is 10.1. The highest BCUT2D eigenvalue weighted by molar-refractivity contribution is 5.53. The van der Waals surface area contributed by atoms with Crippen molar-refractivity contribution in [2.75, 3.05) is 42.6 Å². The quantitative estimate of drug-likeness (QED) is 0.877. The third kappa shape index (κ3) is 3.05. The summed E-state index contributed by atoms with van der Waals surface area (Å²) in [5, 5.41) is 3.30. The molecule has 2 saturated heterocycles. The van der Waals surface area contributed by atoms with Crippen LogP contribution in [0.2, 0.25) is 0 Å². The van der Waals surface area contributed by atoms with Gasteiger partial charge in [-0.25, -0.2) is 0 Å². The Kier molecular flexibility index (Phi) is 4.14. The molecule has 0 amide bonds. The van der Waals surface area contributed by atoms with Gasteiger partial charge in [0, 0.05) is 37.8 Å². The standard InChI is InChI=1S/C15H26N6/c1-3-7-17-13-9-14(19-15(16)18-13)21-8-6-11-4-5-12(10-21)20(11)2/h9,11-12H,3-8,10H2,1-2H3,(H3,16,17,18,19). The number of rotatable bonds is 4. The van der Waals surface area contributed by atoms with Crippen molar-refractivity contribution in [3.63, 3.8) is 0 Å². The summed E-state index contributed by atoms with van der Waals surface area (Å²) in [5.41, 5.74) is 5.88. The van der Waals surface area contributed by atoms with Crippen molar-refractivity contribution in [2.45, 2.75) is 44.7 Å². The molecule has 2 unspecified atom stereocenters. The van der Waals surface area contributed by atoms with Crippen LogP contribution in [-0.4, -0.2) is 53.6 Å². The second-order valence-electron chi connectivity index (χ2n) is 6.18. The summed E-state index contributed by atoms with van der Waals surface area (Å²) >= 11 is 0. The fraction of sp³-hybridized carbons (Fsp3) is 0.733. The van der Waals surface area contributed by atoms with Crippen LogP contribution in [0.3, 0.4) is 0 Å². The predicted octanol–water partition coefficient (Wildman–Crippen LogP) is 1.55. The zero-order chi connectivity index (χ0) is 14.8. The molecule has 6 nitrogen and oxygen atoms in total. The van der Waals surface area contributed by atoms with Gasteiger partial charge in [0.05, 0.1) is 0 Å². The Morgan fingerprint density at radius 3 is 2.90 bits per heavy atom. The highest BCUT2D eigenvalue weighted by Crippen LogP contribution is 2.30. The van der Waals surface area contributed by atoms with Gasteiger partial charge < -0.3 is 16.0 Å². The molecule has 2 aliphatic heterocycles. The highest BCUT2D eigenvalue weighted by Gasteiger charge is 2.35. The molecule has 6 heteroatoms. The van der Waals surface area contributed by atoms with E-state index in [0.29, 0.717) is 12.0 Å². The van der Waals surface area contributed by atoms with Crippen molar-refractivity contribution in [2.24, 2.45) is 0 Å². The van der Waals surface area contributed by atoms with Crippen molar-refractivity contribution in [1.29, 1.82) is 0 Å². The molecule has 3 rings (SSSR count). The van der Waals surface area contributed by atoms with Gasteiger partial charge in [-0.15, -0.1) is 0 Å². The lowest BCUT2D eigenvalue weighted by molar-refractivity contribution is 0.254. The lowest BCUT2D eigenvalue weighted by Gasteiger charge is -2.27. The first-order valence-electron chi connectivity index (χ1n) is 8.02. The summed E-state index contributed by atoms with van der Waals surface area (Å²) in [5.74, 6) is 2.15. The van der Waals surface area contributed by atoms with Gasteiger partial charge in [-0.3, -0.25) is 4.90 Å². The summed E-state index contributed by atoms with van der Waals surface area (Å²) in [6, 6.07) is 3.41. The molecule has 0 aromatic carbocycles. The van der Waals surface area contributed by atoms with Gasteiger partial charge in [-0.1, -0.05) is 6.92 Å². The van der Waals surface area contributed by atoms with E-state index >= 15 is 0 Å². The second-order valence-corrected chi connectivity index (χ2v) is 6.18. The van der Waals surface area contributed by atoms with Gasteiger partial charge >= 0.3 is 0 Å². The average molecular weight is 290 g/mol. The monoisotopic (exact) mass is 290 g/mol. The Morgan fingerprint density at radius 1 is 1.29 bits per heavy atom. The number of fused-ring (bicyclic) bond motifs is 2. The van der Waals surface area contributed by atoms with Crippen LogP contribution in [0, 0.1) is 0 Å². The molecule has 2 aliphatic rings. The number of anilines is 3. The van der Waals surface area contributed by atoms with Crippen LogP contribution in [0.15, 0.2) is 6.07 Å². The molecular formula is C15H26N6. The predicted molar refractivity (Wildman–Crippen MR) is 86.6 cm³/mol. The van der Waals surface area contributed by atoms with Crippen LogP contribution in [0.25, 0.3) is 0 Å². The maximum atomic E-state index is 5.88. The summed E-state index contributed by atoms with van der Waals surface area (Å²) in [6.07, 6.45) is 4.90.